The molecule has 5 nitrogen and oxygen atoms in total. The molecule has 1 saturated heterocycles. The number of piperidine rings is 1. The van der Waals surface area contributed by atoms with E-state index in [1.165, 1.54) is 24.9 Å². The molecule has 1 fully saturated rings. The maximum absolute atomic E-state index is 12.0. The first-order chi connectivity index (χ1) is 14.3. The molecule has 1 aliphatic heterocycles. The van der Waals surface area contributed by atoms with Gasteiger partial charge in [-0.1, -0.05) is 48.5 Å². The fourth-order valence-corrected chi connectivity index (χ4v) is 3.60. The van der Waals surface area contributed by atoms with E-state index in [4.69, 9.17) is 4.74 Å². The number of rotatable bonds is 6. The van der Waals surface area contributed by atoms with Crippen LogP contribution in [-0.4, -0.2) is 31.8 Å². The van der Waals surface area contributed by atoms with E-state index in [-0.39, 0.29) is 12.5 Å². The third-order valence-electron chi connectivity index (χ3n) is 5.13. The van der Waals surface area contributed by atoms with Gasteiger partial charge in [0.2, 0.25) is 0 Å². The summed E-state index contributed by atoms with van der Waals surface area (Å²) in [6, 6.07) is 22.0. The SMILES string of the molecule is O=C(COc1cccc2ccccc12)NN=Cc1ccc(N2CCCCC2)cc1. The van der Waals surface area contributed by atoms with E-state index in [1.807, 2.05) is 54.6 Å². The van der Waals surface area contributed by atoms with Gasteiger partial charge in [0.1, 0.15) is 5.75 Å². The Morgan fingerprint density at radius 3 is 2.55 bits per heavy atom. The third-order valence-corrected chi connectivity index (χ3v) is 5.13. The molecule has 3 aromatic carbocycles. The molecule has 0 aromatic heterocycles. The molecule has 29 heavy (non-hydrogen) atoms. The topological polar surface area (TPSA) is 53.9 Å². The first kappa shape index (κ1) is 19.0. The Labute approximate surface area is 171 Å². The van der Waals surface area contributed by atoms with Crippen molar-refractivity contribution in [3.63, 3.8) is 0 Å². The van der Waals surface area contributed by atoms with E-state index in [2.05, 4.69) is 27.6 Å². The molecule has 0 radical (unpaired) electrons. The predicted molar refractivity (Wildman–Crippen MR) is 118 cm³/mol. The van der Waals surface area contributed by atoms with Crippen molar-refractivity contribution in [3.05, 3.63) is 72.3 Å². The largest absolute Gasteiger partial charge is 0.483 e. The molecule has 4 rings (SSSR count). The summed E-state index contributed by atoms with van der Waals surface area (Å²) in [6.45, 7) is 2.17. The van der Waals surface area contributed by atoms with Crippen molar-refractivity contribution in [1.29, 1.82) is 0 Å². The van der Waals surface area contributed by atoms with Crippen LogP contribution in [0, 0.1) is 0 Å². The summed E-state index contributed by atoms with van der Waals surface area (Å²) in [5.41, 5.74) is 4.71. The molecule has 0 saturated carbocycles. The van der Waals surface area contributed by atoms with E-state index in [0.717, 1.165) is 29.4 Å². The van der Waals surface area contributed by atoms with Gasteiger partial charge in [0.15, 0.2) is 6.61 Å². The number of benzene rings is 3. The van der Waals surface area contributed by atoms with E-state index in [1.54, 1.807) is 6.21 Å². The van der Waals surface area contributed by atoms with Crippen LogP contribution in [0.1, 0.15) is 24.8 Å². The number of hydrogen-bond acceptors (Lipinski definition) is 4. The van der Waals surface area contributed by atoms with Gasteiger partial charge in [0, 0.05) is 24.2 Å². The minimum atomic E-state index is -0.292. The number of nitrogens with zero attached hydrogens (tertiary/aromatic N) is 2. The zero-order valence-corrected chi connectivity index (χ0v) is 16.4. The number of amides is 1. The van der Waals surface area contributed by atoms with Gasteiger partial charge >= 0.3 is 0 Å². The monoisotopic (exact) mass is 387 g/mol. The Morgan fingerprint density at radius 2 is 1.72 bits per heavy atom. The number of hydrazone groups is 1. The van der Waals surface area contributed by atoms with E-state index in [0.29, 0.717) is 5.75 Å². The molecule has 1 aliphatic rings. The molecular formula is C24H25N3O2. The number of nitrogens with one attached hydrogen (secondary N) is 1. The van der Waals surface area contributed by atoms with Gasteiger partial charge < -0.3 is 9.64 Å². The highest BCUT2D eigenvalue weighted by molar-refractivity contribution is 5.89. The van der Waals surface area contributed by atoms with Crippen molar-refractivity contribution in [2.24, 2.45) is 5.10 Å². The van der Waals surface area contributed by atoms with Crippen LogP contribution in [0.2, 0.25) is 0 Å². The molecule has 0 bridgehead atoms. The van der Waals surface area contributed by atoms with Gasteiger partial charge in [0.25, 0.3) is 5.91 Å². The van der Waals surface area contributed by atoms with Crippen molar-refractivity contribution >= 4 is 28.6 Å². The van der Waals surface area contributed by atoms with Crippen LogP contribution in [-0.2, 0) is 4.79 Å². The summed E-state index contributed by atoms with van der Waals surface area (Å²) >= 11 is 0. The smallest absolute Gasteiger partial charge is 0.277 e. The number of carbonyl (C=O) groups is 1. The van der Waals surface area contributed by atoms with Gasteiger partial charge in [-0.25, -0.2) is 5.43 Å². The van der Waals surface area contributed by atoms with Crippen molar-refractivity contribution in [3.8, 4) is 5.75 Å². The lowest BCUT2D eigenvalue weighted by Crippen LogP contribution is -2.29. The van der Waals surface area contributed by atoms with Gasteiger partial charge in [0.05, 0.1) is 6.21 Å². The molecule has 5 heteroatoms. The van der Waals surface area contributed by atoms with Crippen LogP contribution in [0.5, 0.6) is 5.75 Å². The summed E-state index contributed by atoms with van der Waals surface area (Å²) in [5, 5.41) is 6.11. The maximum atomic E-state index is 12.0. The zero-order valence-electron chi connectivity index (χ0n) is 16.4. The normalized spacial score (nSPS) is 14.3. The number of anilines is 1. The quantitative estimate of drug-likeness (QED) is 0.505. The van der Waals surface area contributed by atoms with Crippen LogP contribution in [0.15, 0.2) is 71.8 Å². The van der Waals surface area contributed by atoms with Gasteiger partial charge in [-0.15, -0.1) is 0 Å². The minimum Gasteiger partial charge on any atom is -0.483 e. The fourth-order valence-electron chi connectivity index (χ4n) is 3.60. The summed E-state index contributed by atoms with van der Waals surface area (Å²) in [5.74, 6) is 0.398. The number of ether oxygens (including phenoxy) is 1. The maximum Gasteiger partial charge on any atom is 0.277 e. The Kier molecular flexibility index (Phi) is 6.05. The van der Waals surface area contributed by atoms with Crippen molar-refractivity contribution in [2.75, 3.05) is 24.6 Å². The third kappa shape index (κ3) is 4.93. The summed E-state index contributed by atoms with van der Waals surface area (Å²) in [6.07, 6.45) is 5.49. The van der Waals surface area contributed by atoms with Crippen molar-refractivity contribution < 1.29 is 9.53 Å². The Hall–Kier alpha value is -3.34. The molecule has 0 spiro atoms. The standard InChI is InChI=1S/C24H25N3O2/c28-24(18-29-23-10-6-8-20-7-2-3-9-22(20)23)26-25-17-19-11-13-21(14-12-19)27-15-4-1-5-16-27/h2-3,6-14,17H,1,4-5,15-16,18H2,(H,26,28). The van der Waals surface area contributed by atoms with E-state index in [9.17, 15) is 4.79 Å². The van der Waals surface area contributed by atoms with E-state index < -0.39 is 0 Å². The molecule has 3 aromatic rings. The average molecular weight is 387 g/mol. The Bertz CT molecular complexity index is 987. The zero-order chi connectivity index (χ0) is 19.9. The second-order valence-corrected chi connectivity index (χ2v) is 7.20. The molecule has 1 heterocycles. The van der Waals surface area contributed by atoms with Gasteiger partial charge in [-0.05, 0) is 48.4 Å². The minimum absolute atomic E-state index is 0.0841. The second kappa shape index (κ2) is 9.24. The Balaban J connectivity index is 1.28. The lowest BCUT2D eigenvalue weighted by Gasteiger charge is -2.28. The molecular weight excluding hydrogens is 362 g/mol. The molecule has 0 aliphatic carbocycles. The van der Waals surface area contributed by atoms with Gasteiger partial charge in [-0.3, -0.25) is 4.79 Å². The summed E-state index contributed by atoms with van der Waals surface area (Å²) in [4.78, 5) is 14.5. The molecule has 1 N–H and O–H groups in total. The second-order valence-electron chi connectivity index (χ2n) is 7.20. The van der Waals surface area contributed by atoms with Crippen molar-refractivity contribution in [2.45, 2.75) is 19.3 Å². The highest BCUT2D eigenvalue weighted by Gasteiger charge is 2.10. The van der Waals surface area contributed by atoms with Crippen molar-refractivity contribution in [1.82, 2.24) is 5.43 Å². The van der Waals surface area contributed by atoms with Crippen LogP contribution in [0.4, 0.5) is 5.69 Å². The first-order valence-corrected chi connectivity index (χ1v) is 10.1. The van der Waals surface area contributed by atoms with Gasteiger partial charge in [-0.2, -0.15) is 5.10 Å². The lowest BCUT2D eigenvalue weighted by molar-refractivity contribution is -0.123. The van der Waals surface area contributed by atoms with Crippen LogP contribution >= 0.6 is 0 Å². The predicted octanol–water partition coefficient (Wildman–Crippen LogP) is 4.36. The number of carbonyl (C=O) groups excluding carboxylic acids is 1. The highest BCUT2D eigenvalue weighted by atomic mass is 16.5. The number of hydrogen-bond donors (Lipinski definition) is 1. The molecule has 1 amide bonds. The molecule has 0 unspecified atom stereocenters. The van der Waals surface area contributed by atoms with E-state index >= 15 is 0 Å². The van der Waals surface area contributed by atoms with Crippen LogP contribution in [0.3, 0.4) is 0 Å². The summed E-state index contributed by atoms with van der Waals surface area (Å²) < 4.78 is 5.68. The lowest BCUT2D eigenvalue weighted by atomic mass is 10.1. The molecule has 148 valence electrons. The first-order valence-electron chi connectivity index (χ1n) is 10.1. The van der Waals surface area contributed by atoms with Crippen LogP contribution < -0.4 is 15.1 Å². The highest BCUT2D eigenvalue weighted by Crippen LogP contribution is 2.25. The van der Waals surface area contributed by atoms with Crippen LogP contribution in [0.25, 0.3) is 10.8 Å². The summed E-state index contributed by atoms with van der Waals surface area (Å²) in [7, 11) is 0. The average Bonchev–Trinajstić information content (AvgIpc) is 2.79. The fraction of sp³-hybridized carbons (Fsp3) is 0.250. The Morgan fingerprint density at radius 1 is 0.966 bits per heavy atom. The number of fused-ring (bicyclic) bond motifs is 1. The molecule has 0 atom stereocenters.